The fraction of sp³-hybridized carbons (Fsp3) is 0.154. The molecule has 4 aromatic rings. The van der Waals surface area contributed by atoms with Gasteiger partial charge in [0.2, 0.25) is 0 Å². The van der Waals surface area contributed by atoms with Gasteiger partial charge in [0.1, 0.15) is 0 Å². The van der Waals surface area contributed by atoms with Crippen LogP contribution in [-0.2, 0) is 6.42 Å². The molecule has 0 bridgehead atoms. The Bertz CT molecular complexity index is 1150. The van der Waals surface area contributed by atoms with Crippen LogP contribution in [0.4, 0.5) is 0 Å². The van der Waals surface area contributed by atoms with E-state index >= 15 is 0 Å². The normalized spacial score (nSPS) is 15.0. The molecule has 28 heavy (non-hydrogen) atoms. The van der Waals surface area contributed by atoms with E-state index in [1.807, 2.05) is 30.3 Å². The lowest BCUT2D eigenvalue weighted by Crippen LogP contribution is -2.06. The zero-order chi connectivity index (χ0) is 18.8. The Morgan fingerprint density at radius 1 is 0.714 bits per heavy atom. The van der Waals surface area contributed by atoms with Crippen molar-refractivity contribution in [2.45, 2.75) is 25.7 Å². The number of fused-ring (bicyclic) bond motifs is 5. The third-order valence-electron chi connectivity index (χ3n) is 5.71. The van der Waals surface area contributed by atoms with Gasteiger partial charge in [0.05, 0.1) is 11.7 Å². The highest BCUT2D eigenvalue weighted by Crippen LogP contribution is 2.39. The van der Waals surface area contributed by atoms with Crippen molar-refractivity contribution in [1.82, 2.24) is 10.2 Å². The van der Waals surface area contributed by atoms with E-state index in [2.05, 4.69) is 58.7 Å². The van der Waals surface area contributed by atoms with Crippen molar-refractivity contribution in [3.05, 3.63) is 102 Å². The number of aryl methyl sites for hydroxylation is 1. The first-order chi connectivity index (χ1) is 13.9. The van der Waals surface area contributed by atoms with Crippen molar-refractivity contribution < 1.29 is 0 Å². The highest BCUT2D eigenvalue weighted by atomic mass is 15.1. The number of nitrogens with zero attached hydrogens (tertiary/aromatic N) is 2. The summed E-state index contributed by atoms with van der Waals surface area (Å²) in [5, 5.41) is 11.7. The molecule has 0 saturated carbocycles. The van der Waals surface area contributed by atoms with E-state index in [0.717, 1.165) is 10.9 Å². The van der Waals surface area contributed by atoms with Crippen LogP contribution in [-0.4, -0.2) is 10.2 Å². The molecular weight excluding hydrogens is 340 g/mol. The van der Waals surface area contributed by atoms with Gasteiger partial charge >= 0.3 is 0 Å². The van der Waals surface area contributed by atoms with Crippen molar-refractivity contribution in [2.24, 2.45) is 0 Å². The number of rotatable bonds is 0. The maximum atomic E-state index is 3.93. The molecule has 2 nitrogen and oxygen atoms in total. The number of allylic oxidation sites excluding steroid dienone is 4. The predicted octanol–water partition coefficient (Wildman–Crippen LogP) is 6.52. The SMILES string of the molecule is C1=CC2=C(CC1)CCc1c2ccc2ccccc12.c1ccc2nnccc2c1. The van der Waals surface area contributed by atoms with E-state index < -0.39 is 0 Å². The molecule has 3 aromatic carbocycles. The first kappa shape index (κ1) is 16.9. The molecule has 0 aliphatic heterocycles. The van der Waals surface area contributed by atoms with Crippen LogP contribution in [0.1, 0.15) is 30.4 Å². The average Bonchev–Trinajstić information content (AvgIpc) is 2.79. The molecule has 0 spiro atoms. The minimum Gasteiger partial charge on any atom is -0.159 e. The maximum absolute atomic E-state index is 3.93. The molecule has 2 aliphatic rings. The van der Waals surface area contributed by atoms with Crippen molar-refractivity contribution in [2.75, 3.05) is 0 Å². The molecule has 0 atom stereocenters. The second-order valence-corrected chi connectivity index (χ2v) is 7.36. The van der Waals surface area contributed by atoms with Gasteiger partial charge < -0.3 is 0 Å². The third-order valence-corrected chi connectivity index (χ3v) is 5.71. The zero-order valence-corrected chi connectivity index (χ0v) is 15.8. The van der Waals surface area contributed by atoms with Crippen molar-refractivity contribution in [3.8, 4) is 0 Å². The lowest BCUT2D eigenvalue weighted by molar-refractivity contribution is 0.831. The molecule has 1 heterocycles. The van der Waals surface area contributed by atoms with Crippen molar-refractivity contribution in [3.63, 3.8) is 0 Å². The smallest absolute Gasteiger partial charge is 0.0929 e. The first-order valence-corrected chi connectivity index (χ1v) is 9.96. The summed E-state index contributed by atoms with van der Waals surface area (Å²) in [5.41, 5.74) is 7.16. The zero-order valence-electron chi connectivity index (χ0n) is 15.8. The number of aromatic nitrogens is 2. The van der Waals surface area contributed by atoms with Gasteiger partial charge in [-0.05, 0) is 65.3 Å². The van der Waals surface area contributed by atoms with Gasteiger partial charge in [0.25, 0.3) is 0 Å². The second kappa shape index (κ2) is 7.40. The molecule has 1 aromatic heterocycles. The minimum absolute atomic E-state index is 0.949. The van der Waals surface area contributed by atoms with Crippen molar-refractivity contribution in [1.29, 1.82) is 0 Å². The van der Waals surface area contributed by atoms with E-state index in [1.165, 1.54) is 47.6 Å². The molecule has 0 amide bonds. The summed E-state index contributed by atoms with van der Waals surface area (Å²) >= 11 is 0. The van der Waals surface area contributed by atoms with Gasteiger partial charge in [-0.15, -0.1) is 0 Å². The minimum atomic E-state index is 0.949. The summed E-state index contributed by atoms with van der Waals surface area (Å²) in [6.07, 6.45) is 11.3. The molecule has 2 heteroatoms. The van der Waals surface area contributed by atoms with E-state index in [0.29, 0.717) is 0 Å². The fourth-order valence-corrected chi connectivity index (χ4v) is 4.31. The standard InChI is InChI=1S/C18H16.C8H6N2/c1-3-7-15-13(5-1)9-11-18-16-8-4-2-6-14(16)10-12-17(15)18;1-2-4-8-7(3-1)5-6-9-10-8/h1,3-5,7-9,11H,2,6,10,12H2;1-6H. The summed E-state index contributed by atoms with van der Waals surface area (Å²) < 4.78 is 0. The van der Waals surface area contributed by atoms with Crippen LogP contribution < -0.4 is 0 Å². The largest absolute Gasteiger partial charge is 0.159 e. The van der Waals surface area contributed by atoms with Crippen molar-refractivity contribution >= 4 is 27.2 Å². The van der Waals surface area contributed by atoms with E-state index in [1.54, 1.807) is 17.3 Å². The van der Waals surface area contributed by atoms with Gasteiger partial charge in [-0.3, -0.25) is 0 Å². The molecular formula is C26H22N2. The average molecular weight is 362 g/mol. The maximum Gasteiger partial charge on any atom is 0.0929 e. The summed E-state index contributed by atoms with van der Waals surface area (Å²) in [7, 11) is 0. The van der Waals surface area contributed by atoms with E-state index in [9.17, 15) is 0 Å². The topological polar surface area (TPSA) is 25.8 Å². The van der Waals surface area contributed by atoms with Gasteiger partial charge in [-0.2, -0.15) is 10.2 Å². The summed E-state index contributed by atoms with van der Waals surface area (Å²) in [5.74, 6) is 0. The molecule has 6 rings (SSSR count). The van der Waals surface area contributed by atoms with Crippen LogP contribution >= 0.6 is 0 Å². The van der Waals surface area contributed by atoms with Crippen LogP contribution in [0.3, 0.4) is 0 Å². The Morgan fingerprint density at radius 2 is 1.57 bits per heavy atom. The van der Waals surface area contributed by atoms with Crippen LogP contribution in [0, 0.1) is 0 Å². The van der Waals surface area contributed by atoms with E-state index in [4.69, 9.17) is 0 Å². The lowest BCUT2D eigenvalue weighted by Gasteiger charge is -2.25. The molecule has 0 fully saturated rings. The fourth-order valence-electron chi connectivity index (χ4n) is 4.31. The number of hydrogen-bond acceptors (Lipinski definition) is 2. The second-order valence-electron chi connectivity index (χ2n) is 7.36. The number of benzene rings is 3. The van der Waals surface area contributed by atoms with Crippen LogP contribution in [0.25, 0.3) is 27.2 Å². The highest BCUT2D eigenvalue weighted by molar-refractivity contribution is 5.93. The monoisotopic (exact) mass is 362 g/mol. The molecule has 0 radical (unpaired) electrons. The predicted molar refractivity (Wildman–Crippen MR) is 117 cm³/mol. The lowest BCUT2D eigenvalue weighted by atomic mass is 9.80. The first-order valence-electron chi connectivity index (χ1n) is 9.96. The molecule has 136 valence electrons. The van der Waals surface area contributed by atoms with Gasteiger partial charge in [-0.1, -0.05) is 72.3 Å². The number of hydrogen-bond donors (Lipinski definition) is 0. The molecule has 2 aliphatic carbocycles. The van der Waals surface area contributed by atoms with Gasteiger partial charge in [-0.25, -0.2) is 0 Å². The Labute approximate surface area is 165 Å². The Morgan fingerprint density at radius 3 is 2.50 bits per heavy atom. The van der Waals surface area contributed by atoms with Gasteiger partial charge in [0.15, 0.2) is 0 Å². The molecule has 0 saturated heterocycles. The van der Waals surface area contributed by atoms with Crippen LogP contribution in [0.2, 0.25) is 0 Å². The van der Waals surface area contributed by atoms with E-state index in [-0.39, 0.29) is 0 Å². The Hall–Kier alpha value is -3.26. The van der Waals surface area contributed by atoms with Gasteiger partial charge in [0, 0.05) is 5.39 Å². The summed E-state index contributed by atoms with van der Waals surface area (Å²) in [6.45, 7) is 0. The van der Waals surface area contributed by atoms with Crippen LogP contribution in [0.5, 0.6) is 0 Å². The Balaban J connectivity index is 0.000000145. The summed E-state index contributed by atoms with van der Waals surface area (Å²) in [6, 6.07) is 23.2. The quantitative estimate of drug-likeness (QED) is 0.356. The Kier molecular flexibility index (Phi) is 4.46. The molecule has 0 unspecified atom stereocenters. The third kappa shape index (κ3) is 3.11. The summed E-state index contributed by atoms with van der Waals surface area (Å²) in [4.78, 5) is 0. The molecule has 0 N–H and O–H groups in total. The van der Waals surface area contributed by atoms with Crippen LogP contribution in [0.15, 0.2) is 90.7 Å². The highest BCUT2D eigenvalue weighted by Gasteiger charge is 2.20.